The van der Waals surface area contributed by atoms with Crippen molar-refractivity contribution in [1.82, 2.24) is 0 Å². The fourth-order valence-corrected chi connectivity index (χ4v) is 7.60. The van der Waals surface area contributed by atoms with E-state index in [4.69, 9.17) is 4.42 Å². The van der Waals surface area contributed by atoms with Crippen LogP contribution in [0.3, 0.4) is 0 Å². The molecule has 4 aliphatic carbocycles. The molecule has 0 bridgehead atoms. The number of hydrogen-bond donors (Lipinski definition) is 2. The molecule has 5 rings (SSSR count). The Morgan fingerprint density at radius 2 is 1.81 bits per heavy atom. The summed E-state index contributed by atoms with van der Waals surface area (Å²) in [5.41, 5.74) is 0.191. The van der Waals surface area contributed by atoms with Crippen LogP contribution in [0.2, 0.25) is 0 Å². The molecule has 1 aromatic rings. The fourth-order valence-electron chi connectivity index (χ4n) is 7.60. The number of carbonyl (C=O) groups excluding carboxylic acids is 2. The summed E-state index contributed by atoms with van der Waals surface area (Å²) >= 11 is 0. The highest BCUT2D eigenvalue weighted by molar-refractivity contribution is 6.06. The second-order valence-electron chi connectivity index (χ2n) is 10.8. The summed E-state index contributed by atoms with van der Waals surface area (Å²) in [6.45, 7) is 9.51. The molecule has 1 fully saturated rings. The Morgan fingerprint density at radius 3 is 2.45 bits per heavy atom. The third kappa shape index (κ3) is 2.11. The first-order valence-electron chi connectivity index (χ1n) is 11.1. The quantitative estimate of drug-likeness (QED) is 0.680. The summed E-state index contributed by atoms with van der Waals surface area (Å²) in [5.74, 6) is -0.897. The van der Waals surface area contributed by atoms with Gasteiger partial charge in [0.2, 0.25) is 5.78 Å². The van der Waals surface area contributed by atoms with E-state index in [-0.39, 0.29) is 23.2 Å². The topological polar surface area (TPSA) is 87.7 Å². The van der Waals surface area contributed by atoms with E-state index < -0.39 is 27.8 Å². The van der Waals surface area contributed by atoms with Crippen molar-refractivity contribution in [1.29, 1.82) is 0 Å². The number of aliphatic hydroxyl groups is 2. The first kappa shape index (κ1) is 20.5. The standard InChI is InChI=1S/C26H30O5/c1-23(2)18(27)8-10-24(3)17-7-6-16-15(14-9-11-31-13-14)12-19(28)25(16,4)26(17,5)22(30)20(29)21(23)24/h8-11,13,17,19,28-29H,6-7,12H2,1-5H3/t17-,19-,24-,25+,26+/m1/s1. The predicted octanol–water partition coefficient (Wildman–Crippen LogP) is 4.79. The van der Waals surface area contributed by atoms with Gasteiger partial charge in [0.05, 0.1) is 24.0 Å². The SMILES string of the molecule is CC1(C)C(=O)C=C[C@@]2(C)C1=C(O)C(=O)[C@]1(C)[C@@H]2CCC2=C(c3ccoc3)C[C@@H](O)[C@]21C. The monoisotopic (exact) mass is 422 g/mol. The third-order valence-corrected chi connectivity index (χ3v) is 9.39. The van der Waals surface area contributed by atoms with Crippen LogP contribution in [-0.4, -0.2) is 27.9 Å². The van der Waals surface area contributed by atoms with Crippen molar-refractivity contribution in [3.63, 3.8) is 0 Å². The maximum Gasteiger partial charge on any atom is 0.204 e. The van der Waals surface area contributed by atoms with Crippen LogP contribution in [0.4, 0.5) is 0 Å². The van der Waals surface area contributed by atoms with Gasteiger partial charge in [-0.15, -0.1) is 0 Å². The highest BCUT2D eigenvalue weighted by Gasteiger charge is 2.71. The largest absolute Gasteiger partial charge is 0.504 e. The Kier molecular flexibility index (Phi) is 3.89. The van der Waals surface area contributed by atoms with Crippen LogP contribution >= 0.6 is 0 Å². The minimum absolute atomic E-state index is 0.103. The second-order valence-corrected chi connectivity index (χ2v) is 10.8. The molecule has 5 nitrogen and oxygen atoms in total. The molecule has 0 aromatic carbocycles. The van der Waals surface area contributed by atoms with Crippen LogP contribution in [-0.2, 0) is 9.59 Å². The summed E-state index contributed by atoms with van der Waals surface area (Å²) in [6.07, 6.45) is 8.01. The van der Waals surface area contributed by atoms with E-state index in [0.29, 0.717) is 12.0 Å². The van der Waals surface area contributed by atoms with Gasteiger partial charge in [-0.2, -0.15) is 0 Å². The molecule has 1 aromatic heterocycles. The molecule has 1 heterocycles. The van der Waals surface area contributed by atoms with E-state index in [2.05, 4.69) is 0 Å². The van der Waals surface area contributed by atoms with Crippen LogP contribution in [0.25, 0.3) is 5.57 Å². The van der Waals surface area contributed by atoms with Gasteiger partial charge in [0, 0.05) is 21.8 Å². The van der Waals surface area contributed by atoms with Gasteiger partial charge in [0.1, 0.15) is 0 Å². The molecule has 2 N–H and O–H groups in total. The van der Waals surface area contributed by atoms with Crippen LogP contribution in [0.15, 0.2) is 52.1 Å². The summed E-state index contributed by atoms with van der Waals surface area (Å²) in [4.78, 5) is 26.6. The minimum atomic E-state index is -1.01. The number of Topliss-reactive ketones (excluding diaryl/α,β-unsaturated/α-hetero) is 1. The lowest BCUT2D eigenvalue weighted by molar-refractivity contribution is -0.158. The van der Waals surface area contributed by atoms with E-state index in [1.165, 1.54) is 0 Å². The molecule has 0 saturated heterocycles. The Balaban J connectivity index is 1.78. The number of furan rings is 1. The predicted molar refractivity (Wildman–Crippen MR) is 116 cm³/mol. The summed E-state index contributed by atoms with van der Waals surface area (Å²) in [6, 6.07) is 1.90. The second kappa shape index (κ2) is 5.89. The molecule has 31 heavy (non-hydrogen) atoms. The smallest absolute Gasteiger partial charge is 0.204 e. The van der Waals surface area contributed by atoms with Crippen molar-refractivity contribution in [2.75, 3.05) is 0 Å². The molecular weight excluding hydrogens is 392 g/mol. The van der Waals surface area contributed by atoms with E-state index >= 15 is 0 Å². The van der Waals surface area contributed by atoms with Gasteiger partial charge >= 0.3 is 0 Å². The van der Waals surface area contributed by atoms with Gasteiger partial charge in [-0.1, -0.05) is 32.4 Å². The summed E-state index contributed by atoms with van der Waals surface area (Å²) in [5, 5.41) is 22.7. The Bertz CT molecular complexity index is 1100. The van der Waals surface area contributed by atoms with Gasteiger partial charge in [-0.05, 0) is 62.3 Å². The Morgan fingerprint density at radius 1 is 1.10 bits per heavy atom. The fraction of sp³-hybridized carbons (Fsp3) is 0.538. The molecule has 1 saturated carbocycles. The van der Waals surface area contributed by atoms with Gasteiger partial charge < -0.3 is 14.6 Å². The zero-order chi connectivity index (χ0) is 22.6. The number of allylic oxidation sites excluding steroid dienone is 4. The van der Waals surface area contributed by atoms with Crippen molar-refractivity contribution in [2.24, 2.45) is 27.6 Å². The lowest BCUT2D eigenvalue weighted by atomic mass is 9.39. The molecule has 0 unspecified atom stereocenters. The molecule has 0 aliphatic heterocycles. The van der Waals surface area contributed by atoms with E-state index in [1.807, 2.05) is 32.9 Å². The van der Waals surface area contributed by atoms with Crippen molar-refractivity contribution in [3.05, 3.63) is 53.2 Å². The van der Waals surface area contributed by atoms with E-state index in [1.54, 1.807) is 32.4 Å². The van der Waals surface area contributed by atoms with Gasteiger partial charge in [-0.25, -0.2) is 0 Å². The molecule has 5 heteroatoms. The van der Waals surface area contributed by atoms with Gasteiger partial charge in [0.25, 0.3) is 0 Å². The third-order valence-electron chi connectivity index (χ3n) is 9.39. The van der Waals surface area contributed by atoms with Crippen LogP contribution < -0.4 is 0 Å². The van der Waals surface area contributed by atoms with Gasteiger partial charge in [0.15, 0.2) is 11.5 Å². The van der Waals surface area contributed by atoms with Crippen LogP contribution in [0, 0.1) is 27.6 Å². The summed E-state index contributed by atoms with van der Waals surface area (Å²) < 4.78 is 5.29. The average molecular weight is 423 g/mol. The molecule has 4 aliphatic rings. The molecule has 164 valence electrons. The molecule has 5 atom stereocenters. The van der Waals surface area contributed by atoms with Gasteiger partial charge in [-0.3, -0.25) is 9.59 Å². The highest BCUT2D eigenvalue weighted by Crippen LogP contribution is 2.72. The number of hydrogen-bond acceptors (Lipinski definition) is 5. The lowest BCUT2D eigenvalue weighted by Gasteiger charge is -2.63. The number of ketones is 2. The number of rotatable bonds is 1. The first-order chi connectivity index (χ1) is 14.4. The molecular formula is C26H30O5. The number of aliphatic hydroxyl groups excluding tert-OH is 2. The highest BCUT2D eigenvalue weighted by atomic mass is 16.3. The molecule has 0 radical (unpaired) electrons. The van der Waals surface area contributed by atoms with E-state index in [9.17, 15) is 19.8 Å². The normalized spacial score (nSPS) is 41.4. The van der Waals surface area contributed by atoms with Crippen molar-refractivity contribution < 1.29 is 24.2 Å². The summed E-state index contributed by atoms with van der Waals surface area (Å²) in [7, 11) is 0. The zero-order valence-electron chi connectivity index (χ0n) is 18.8. The zero-order valence-corrected chi connectivity index (χ0v) is 18.8. The molecule has 0 amide bonds. The van der Waals surface area contributed by atoms with E-state index in [0.717, 1.165) is 29.6 Å². The minimum Gasteiger partial charge on any atom is -0.504 e. The number of carbonyl (C=O) groups is 2. The Labute approximate surface area is 182 Å². The number of fused-ring (bicyclic) bond motifs is 5. The van der Waals surface area contributed by atoms with Crippen molar-refractivity contribution in [2.45, 2.75) is 60.0 Å². The maximum absolute atomic E-state index is 14.0. The van der Waals surface area contributed by atoms with Crippen LogP contribution in [0.5, 0.6) is 0 Å². The lowest BCUT2D eigenvalue weighted by Crippen LogP contribution is -2.64. The van der Waals surface area contributed by atoms with Crippen molar-refractivity contribution in [3.8, 4) is 0 Å². The molecule has 0 spiro atoms. The van der Waals surface area contributed by atoms with Crippen molar-refractivity contribution >= 4 is 17.1 Å². The maximum atomic E-state index is 14.0. The average Bonchev–Trinajstić information content (AvgIpc) is 3.32. The van der Waals surface area contributed by atoms with Crippen LogP contribution in [0.1, 0.15) is 59.4 Å². The first-order valence-corrected chi connectivity index (χ1v) is 11.1. The Hall–Kier alpha value is -2.40.